The molecule has 1 amide bonds. The summed E-state index contributed by atoms with van der Waals surface area (Å²) in [6.45, 7) is 6.16. The van der Waals surface area contributed by atoms with Crippen molar-refractivity contribution >= 4 is 16.7 Å². The van der Waals surface area contributed by atoms with E-state index >= 15 is 0 Å². The number of rotatable bonds is 5. The highest BCUT2D eigenvalue weighted by molar-refractivity contribution is 5.94. The highest BCUT2D eigenvalue weighted by Crippen LogP contribution is 2.28. The van der Waals surface area contributed by atoms with Crippen molar-refractivity contribution in [3.63, 3.8) is 0 Å². The molecule has 1 heterocycles. The Morgan fingerprint density at radius 1 is 0.968 bits per heavy atom. The Morgan fingerprint density at radius 2 is 1.65 bits per heavy atom. The largest absolute Gasteiger partial charge is 0.350 e. The zero-order valence-electron chi connectivity index (χ0n) is 17.9. The average molecular weight is 412 g/mol. The molecule has 1 atom stereocenters. The van der Waals surface area contributed by atoms with E-state index in [0.29, 0.717) is 17.6 Å². The summed E-state index contributed by atoms with van der Waals surface area (Å²) in [7, 11) is 0. The van der Waals surface area contributed by atoms with Gasteiger partial charge >= 0.3 is 0 Å². The second kappa shape index (κ2) is 8.56. The van der Waals surface area contributed by atoms with Gasteiger partial charge in [-0.25, -0.2) is 4.68 Å². The summed E-state index contributed by atoms with van der Waals surface area (Å²) in [6.07, 6.45) is 0. The molecule has 5 nitrogen and oxygen atoms in total. The first-order valence-corrected chi connectivity index (χ1v) is 10.4. The molecule has 0 bridgehead atoms. The fraction of sp³-hybridized carbons (Fsp3) is 0.192. The van der Waals surface area contributed by atoms with Crippen LogP contribution in [-0.4, -0.2) is 15.7 Å². The lowest BCUT2D eigenvalue weighted by Crippen LogP contribution is -2.37. The molecule has 0 unspecified atom stereocenters. The number of hydrogen-bond acceptors (Lipinski definition) is 3. The van der Waals surface area contributed by atoms with E-state index in [4.69, 9.17) is 5.10 Å². The van der Waals surface area contributed by atoms with Crippen LogP contribution in [0, 0.1) is 13.8 Å². The van der Waals surface area contributed by atoms with Gasteiger partial charge in [-0.3, -0.25) is 9.59 Å². The Bertz CT molecular complexity index is 1310. The molecule has 0 spiro atoms. The average Bonchev–Trinajstić information content (AvgIpc) is 2.80. The first-order chi connectivity index (χ1) is 15.0. The van der Waals surface area contributed by atoms with Crippen LogP contribution in [0.1, 0.15) is 29.7 Å². The Balaban J connectivity index is 1.77. The Hall–Kier alpha value is -3.73. The van der Waals surface area contributed by atoms with Gasteiger partial charge in [-0.2, -0.15) is 5.10 Å². The van der Waals surface area contributed by atoms with Gasteiger partial charge in [-0.05, 0) is 44.0 Å². The highest BCUT2D eigenvalue weighted by atomic mass is 16.2. The third-order valence-electron chi connectivity index (χ3n) is 5.53. The maximum atomic E-state index is 13.2. The van der Waals surface area contributed by atoms with Crippen LogP contribution in [0.5, 0.6) is 0 Å². The summed E-state index contributed by atoms with van der Waals surface area (Å²) in [4.78, 5) is 26.1. The number of hydrogen-bond donors (Lipinski definition) is 1. The summed E-state index contributed by atoms with van der Waals surface area (Å²) in [5, 5.41) is 8.94. The van der Waals surface area contributed by atoms with Crippen LogP contribution in [0.2, 0.25) is 0 Å². The molecule has 0 saturated heterocycles. The van der Waals surface area contributed by atoms with Crippen molar-refractivity contribution in [2.45, 2.75) is 33.4 Å². The summed E-state index contributed by atoms with van der Waals surface area (Å²) in [5.74, 6) is -0.249. The van der Waals surface area contributed by atoms with E-state index in [-0.39, 0.29) is 11.5 Å². The molecule has 1 N–H and O–H groups in total. The fourth-order valence-electron chi connectivity index (χ4n) is 3.70. The number of carbonyl (C=O) groups is 1. The molecule has 0 aliphatic carbocycles. The van der Waals surface area contributed by atoms with E-state index in [9.17, 15) is 9.59 Å². The molecule has 0 radical (unpaired) electrons. The number of nitrogens with one attached hydrogen (secondary N) is 1. The first kappa shape index (κ1) is 20.5. The first-order valence-electron chi connectivity index (χ1n) is 10.4. The molecule has 0 aliphatic rings. The van der Waals surface area contributed by atoms with Crippen molar-refractivity contribution in [3.05, 3.63) is 99.8 Å². The molecule has 3 aromatic carbocycles. The number of benzene rings is 3. The second-order valence-corrected chi connectivity index (χ2v) is 7.84. The van der Waals surface area contributed by atoms with E-state index in [0.717, 1.165) is 27.6 Å². The van der Waals surface area contributed by atoms with Crippen LogP contribution in [0.4, 0.5) is 0 Å². The molecular formula is C26H25N3O2. The molecule has 4 rings (SSSR count). The number of nitrogens with zero attached hydrogens (tertiary/aromatic N) is 2. The smallest absolute Gasteiger partial charge is 0.275 e. The predicted octanol–water partition coefficient (Wildman–Crippen LogP) is 4.56. The van der Waals surface area contributed by atoms with Crippen molar-refractivity contribution < 1.29 is 4.79 Å². The van der Waals surface area contributed by atoms with Gasteiger partial charge < -0.3 is 5.32 Å². The van der Waals surface area contributed by atoms with Gasteiger partial charge in [0, 0.05) is 17.5 Å². The van der Waals surface area contributed by atoms with Gasteiger partial charge in [-0.1, -0.05) is 66.2 Å². The maximum absolute atomic E-state index is 13.2. The van der Waals surface area contributed by atoms with Gasteiger partial charge in [0.25, 0.3) is 5.56 Å². The van der Waals surface area contributed by atoms with Gasteiger partial charge in [0.05, 0.1) is 11.1 Å². The van der Waals surface area contributed by atoms with Crippen LogP contribution in [0.15, 0.2) is 77.6 Å². The van der Waals surface area contributed by atoms with Crippen LogP contribution in [-0.2, 0) is 11.3 Å². The Morgan fingerprint density at radius 3 is 2.39 bits per heavy atom. The molecule has 5 heteroatoms. The maximum Gasteiger partial charge on any atom is 0.275 e. The Kier molecular flexibility index (Phi) is 5.67. The minimum atomic E-state index is -0.746. The molecule has 156 valence electrons. The SMILES string of the molecule is Cc1ccc(C)c(-c2nn([C@H](C)C(=O)NCc3ccccc3)c(=O)c3ccccc23)c1. The van der Waals surface area contributed by atoms with E-state index in [2.05, 4.69) is 17.4 Å². The molecule has 0 fully saturated rings. The summed E-state index contributed by atoms with van der Waals surface area (Å²) in [6, 6.07) is 22.5. The van der Waals surface area contributed by atoms with Crippen LogP contribution < -0.4 is 10.9 Å². The molecule has 0 aliphatic heterocycles. The van der Waals surface area contributed by atoms with Crippen LogP contribution in [0.25, 0.3) is 22.0 Å². The summed E-state index contributed by atoms with van der Waals surface area (Å²) < 4.78 is 1.31. The second-order valence-electron chi connectivity index (χ2n) is 7.84. The lowest BCUT2D eigenvalue weighted by molar-refractivity contribution is -0.124. The van der Waals surface area contributed by atoms with Crippen molar-refractivity contribution in [1.82, 2.24) is 15.1 Å². The van der Waals surface area contributed by atoms with Gasteiger partial charge in [0.15, 0.2) is 0 Å². The highest BCUT2D eigenvalue weighted by Gasteiger charge is 2.21. The number of aryl methyl sites for hydroxylation is 2. The zero-order chi connectivity index (χ0) is 22.0. The fourth-order valence-corrected chi connectivity index (χ4v) is 3.70. The van der Waals surface area contributed by atoms with E-state index in [1.807, 2.05) is 68.4 Å². The number of aromatic nitrogens is 2. The van der Waals surface area contributed by atoms with Crippen molar-refractivity contribution in [3.8, 4) is 11.3 Å². The van der Waals surface area contributed by atoms with E-state index < -0.39 is 6.04 Å². The molecule has 1 aromatic heterocycles. The van der Waals surface area contributed by atoms with Gasteiger partial charge in [-0.15, -0.1) is 0 Å². The Labute approximate surface area is 181 Å². The van der Waals surface area contributed by atoms with Crippen LogP contribution in [0.3, 0.4) is 0 Å². The summed E-state index contributed by atoms with van der Waals surface area (Å²) in [5.41, 5.74) is 4.57. The van der Waals surface area contributed by atoms with Crippen molar-refractivity contribution in [1.29, 1.82) is 0 Å². The number of carbonyl (C=O) groups excluding carboxylic acids is 1. The molecular weight excluding hydrogens is 386 g/mol. The number of amides is 1. The van der Waals surface area contributed by atoms with Gasteiger partial charge in [0.2, 0.25) is 5.91 Å². The van der Waals surface area contributed by atoms with Crippen LogP contribution >= 0.6 is 0 Å². The lowest BCUT2D eigenvalue weighted by Gasteiger charge is -2.18. The van der Waals surface area contributed by atoms with Crippen molar-refractivity contribution in [2.75, 3.05) is 0 Å². The topological polar surface area (TPSA) is 64.0 Å². The normalized spacial score (nSPS) is 12.0. The minimum Gasteiger partial charge on any atom is -0.350 e. The molecule has 4 aromatic rings. The number of fused-ring (bicyclic) bond motifs is 1. The third kappa shape index (κ3) is 4.12. The summed E-state index contributed by atoms with van der Waals surface area (Å²) >= 11 is 0. The van der Waals surface area contributed by atoms with E-state index in [1.165, 1.54) is 4.68 Å². The predicted molar refractivity (Wildman–Crippen MR) is 124 cm³/mol. The van der Waals surface area contributed by atoms with Gasteiger partial charge in [0.1, 0.15) is 6.04 Å². The quantitative estimate of drug-likeness (QED) is 0.524. The lowest BCUT2D eigenvalue weighted by atomic mass is 9.99. The third-order valence-corrected chi connectivity index (χ3v) is 5.53. The minimum absolute atomic E-state index is 0.249. The van der Waals surface area contributed by atoms with Crippen molar-refractivity contribution in [2.24, 2.45) is 0 Å². The standard InChI is InChI=1S/C26H25N3O2/c1-17-13-14-18(2)23(15-17)24-21-11-7-8-12-22(21)26(31)29(28-24)19(3)25(30)27-16-20-9-5-4-6-10-20/h4-15,19H,16H2,1-3H3,(H,27,30)/t19-/m1/s1. The van der Waals surface area contributed by atoms with E-state index in [1.54, 1.807) is 13.0 Å². The monoisotopic (exact) mass is 411 g/mol. The molecule has 0 saturated carbocycles. The molecule has 31 heavy (non-hydrogen) atoms. The zero-order valence-corrected chi connectivity index (χ0v) is 17.9.